The fraction of sp³-hybridized carbons (Fsp3) is 0.429. The molecule has 1 aromatic carbocycles. The minimum absolute atomic E-state index is 0.0692. The Morgan fingerprint density at radius 1 is 1.55 bits per heavy atom. The molecule has 0 saturated carbocycles. The number of benzene rings is 1. The third kappa shape index (κ3) is 2.80. The average molecular weight is 281 g/mol. The Morgan fingerprint density at radius 2 is 2.30 bits per heavy atom. The molecule has 108 valence electrons. The van der Waals surface area contributed by atoms with E-state index in [0.717, 1.165) is 0 Å². The molecule has 0 bridgehead atoms. The van der Waals surface area contributed by atoms with E-state index < -0.39 is 23.7 Å². The molecule has 0 aromatic heterocycles. The molecule has 0 spiro atoms. The van der Waals surface area contributed by atoms with Crippen LogP contribution in [0.4, 0.5) is 4.39 Å². The van der Waals surface area contributed by atoms with Crippen LogP contribution in [0.2, 0.25) is 0 Å². The van der Waals surface area contributed by atoms with Crippen LogP contribution in [0.25, 0.3) is 0 Å². The second-order valence-corrected chi connectivity index (χ2v) is 4.73. The van der Waals surface area contributed by atoms with Crippen LogP contribution < -0.4 is 0 Å². The van der Waals surface area contributed by atoms with Crippen molar-refractivity contribution in [3.63, 3.8) is 0 Å². The van der Waals surface area contributed by atoms with Crippen molar-refractivity contribution in [2.45, 2.75) is 12.5 Å². The Labute approximate surface area is 116 Å². The number of likely N-dealkylation sites (tertiary alicyclic amines) is 1. The molecule has 1 amide bonds. The van der Waals surface area contributed by atoms with Crippen LogP contribution in [0.1, 0.15) is 18.0 Å². The van der Waals surface area contributed by atoms with Crippen molar-refractivity contribution < 1.29 is 23.8 Å². The summed E-state index contributed by atoms with van der Waals surface area (Å²) >= 11 is 0. The van der Waals surface area contributed by atoms with E-state index in [2.05, 4.69) is 0 Å². The molecule has 0 unspecified atom stereocenters. The highest BCUT2D eigenvalue weighted by Gasteiger charge is 2.44. The highest BCUT2D eigenvalue weighted by Crippen LogP contribution is 2.38. The van der Waals surface area contributed by atoms with Crippen LogP contribution in [-0.4, -0.2) is 42.1 Å². The summed E-state index contributed by atoms with van der Waals surface area (Å²) in [6.45, 7) is 0.601. The van der Waals surface area contributed by atoms with Crippen LogP contribution in [-0.2, 0) is 14.3 Å². The summed E-state index contributed by atoms with van der Waals surface area (Å²) in [6, 6.07) is 5.07. The quantitative estimate of drug-likeness (QED) is 0.887. The monoisotopic (exact) mass is 281 g/mol. The minimum atomic E-state index is -1.05. The summed E-state index contributed by atoms with van der Waals surface area (Å²) in [5.74, 6) is -2.60. The number of methoxy groups -OCH3 is 1. The zero-order valence-electron chi connectivity index (χ0n) is 11.1. The molecule has 2 rings (SSSR count). The molecule has 1 saturated heterocycles. The van der Waals surface area contributed by atoms with Gasteiger partial charge in [-0.3, -0.25) is 9.59 Å². The van der Waals surface area contributed by atoms with Crippen molar-refractivity contribution >= 4 is 11.9 Å². The van der Waals surface area contributed by atoms with Gasteiger partial charge in [0.2, 0.25) is 5.91 Å². The van der Waals surface area contributed by atoms with Gasteiger partial charge in [0.15, 0.2) is 0 Å². The van der Waals surface area contributed by atoms with Crippen LogP contribution >= 0.6 is 0 Å². The van der Waals surface area contributed by atoms with Gasteiger partial charge in [0.25, 0.3) is 0 Å². The Balaban J connectivity index is 2.35. The highest BCUT2D eigenvalue weighted by molar-refractivity contribution is 5.87. The summed E-state index contributed by atoms with van der Waals surface area (Å²) in [4.78, 5) is 24.8. The average Bonchev–Trinajstić information content (AvgIpc) is 2.73. The molecule has 0 radical (unpaired) electrons. The Bertz CT molecular complexity index is 520. The Morgan fingerprint density at radius 3 is 2.90 bits per heavy atom. The first-order valence-corrected chi connectivity index (χ1v) is 6.31. The van der Waals surface area contributed by atoms with E-state index in [1.54, 1.807) is 6.07 Å². The molecule has 1 aliphatic heterocycles. The number of ether oxygens (including phenoxy) is 1. The lowest BCUT2D eigenvalue weighted by atomic mass is 9.93. The summed E-state index contributed by atoms with van der Waals surface area (Å²) in [6.07, 6.45) is -0.0692. The van der Waals surface area contributed by atoms with Crippen LogP contribution in [0.3, 0.4) is 0 Å². The predicted molar refractivity (Wildman–Crippen MR) is 68.5 cm³/mol. The van der Waals surface area contributed by atoms with Gasteiger partial charge in [-0.15, -0.1) is 0 Å². The number of halogens is 1. The molecule has 1 N–H and O–H groups in total. The number of carboxylic acid groups (broad SMARTS) is 1. The number of carboxylic acids is 1. The van der Waals surface area contributed by atoms with Gasteiger partial charge >= 0.3 is 5.97 Å². The van der Waals surface area contributed by atoms with E-state index in [1.807, 2.05) is 0 Å². The number of amides is 1. The third-order valence-corrected chi connectivity index (χ3v) is 3.48. The number of aliphatic carboxylic acids is 1. The zero-order valence-corrected chi connectivity index (χ0v) is 11.1. The summed E-state index contributed by atoms with van der Waals surface area (Å²) in [7, 11) is 1.51. The highest BCUT2D eigenvalue weighted by atomic mass is 19.1. The van der Waals surface area contributed by atoms with Gasteiger partial charge in [-0.25, -0.2) is 4.39 Å². The zero-order chi connectivity index (χ0) is 14.7. The van der Waals surface area contributed by atoms with Gasteiger partial charge < -0.3 is 14.7 Å². The van der Waals surface area contributed by atoms with E-state index in [-0.39, 0.29) is 12.3 Å². The van der Waals surface area contributed by atoms with Gasteiger partial charge in [0.05, 0.1) is 18.6 Å². The number of carbonyl (C=O) groups excluding carboxylic acids is 1. The minimum Gasteiger partial charge on any atom is -0.481 e. The summed E-state index contributed by atoms with van der Waals surface area (Å²) < 4.78 is 18.3. The van der Waals surface area contributed by atoms with Gasteiger partial charge in [-0.05, 0) is 17.7 Å². The molecular formula is C14H16FNO4. The molecule has 20 heavy (non-hydrogen) atoms. The first-order valence-electron chi connectivity index (χ1n) is 6.31. The van der Waals surface area contributed by atoms with Crippen molar-refractivity contribution in [1.82, 2.24) is 4.90 Å². The van der Waals surface area contributed by atoms with Gasteiger partial charge in [-0.2, -0.15) is 0 Å². The number of rotatable bonds is 5. The van der Waals surface area contributed by atoms with E-state index in [0.29, 0.717) is 18.7 Å². The van der Waals surface area contributed by atoms with E-state index in [1.165, 1.54) is 30.2 Å². The smallest absolute Gasteiger partial charge is 0.309 e. The van der Waals surface area contributed by atoms with E-state index in [9.17, 15) is 19.1 Å². The lowest BCUT2D eigenvalue weighted by molar-refractivity contribution is -0.142. The normalized spacial score (nSPS) is 22.3. The standard InChI is InChI=1S/C14H16FNO4/c1-20-6-5-16-12(17)8-11(14(18)19)13(16)9-3-2-4-10(15)7-9/h2-4,7,11,13H,5-6,8H2,1H3,(H,18,19)/t11-,13-/m0/s1. The second-order valence-electron chi connectivity index (χ2n) is 4.73. The number of nitrogens with zero attached hydrogens (tertiary/aromatic N) is 1. The maximum atomic E-state index is 13.3. The molecule has 6 heteroatoms. The maximum Gasteiger partial charge on any atom is 0.309 e. The number of hydrogen-bond acceptors (Lipinski definition) is 3. The van der Waals surface area contributed by atoms with Crippen molar-refractivity contribution in [2.75, 3.05) is 20.3 Å². The Kier molecular flexibility index (Phi) is 4.34. The van der Waals surface area contributed by atoms with Gasteiger partial charge in [0, 0.05) is 20.1 Å². The number of hydrogen-bond donors (Lipinski definition) is 1. The summed E-state index contributed by atoms with van der Waals surface area (Å²) in [5, 5.41) is 9.27. The molecule has 0 aliphatic carbocycles. The molecule has 2 atom stereocenters. The summed E-state index contributed by atoms with van der Waals surface area (Å²) in [5.41, 5.74) is 0.499. The predicted octanol–water partition coefficient (Wildman–Crippen LogP) is 1.45. The molecule has 1 aromatic rings. The van der Waals surface area contributed by atoms with Gasteiger partial charge in [-0.1, -0.05) is 12.1 Å². The van der Waals surface area contributed by atoms with Crippen molar-refractivity contribution in [3.8, 4) is 0 Å². The van der Waals surface area contributed by atoms with Crippen LogP contribution in [0.15, 0.2) is 24.3 Å². The fourth-order valence-corrected chi connectivity index (χ4v) is 2.57. The number of carbonyl (C=O) groups is 2. The first-order chi connectivity index (χ1) is 9.54. The van der Waals surface area contributed by atoms with Crippen molar-refractivity contribution in [2.24, 2.45) is 5.92 Å². The van der Waals surface area contributed by atoms with E-state index >= 15 is 0 Å². The molecule has 1 aliphatic rings. The lowest BCUT2D eigenvalue weighted by Gasteiger charge is -2.27. The maximum absolute atomic E-state index is 13.3. The van der Waals surface area contributed by atoms with Crippen LogP contribution in [0, 0.1) is 11.7 Å². The molecule has 1 fully saturated rings. The molecular weight excluding hydrogens is 265 g/mol. The Hall–Kier alpha value is -1.95. The van der Waals surface area contributed by atoms with Crippen LogP contribution in [0.5, 0.6) is 0 Å². The fourth-order valence-electron chi connectivity index (χ4n) is 2.57. The topological polar surface area (TPSA) is 66.8 Å². The van der Waals surface area contributed by atoms with E-state index in [4.69, 9.17) is 4.74 Å². The first kappa shape index (κ1) is 14.5. The molecule has 1 heterocycles. The molecule has 5 nitrogen and oxygen atoms in total. The second kappa shape index (κ2) is 6.00. The largest absolute Gasteiger partial charge is 0.481 e. The van der Waals surface area contributed by atoms with Crippen molar-refractivity contribution in [3.05, 3.63) is 35.6 Å². The SMILES string of the molecule is COCCN1C(=O)C[C@H](C(=O)O)[C@@H]1c1cccc(F)c1. The third-order valence-electron chi connectivity index (χ3n) is 3.48. The van der Waals surface area contributed by atoms with Crippen molar-refractivity contribution in [1.29, 1.82) is 0 Å². The lowest BCUT2D eigenvalue weighted by Crippen LogP contribution is -2.33. The van der Waals surface area contributed by atoms with Gasteiger partial charge in [0.1, 0.15) is 5.82 Å².